The molecule has 3 aromatic heterocycles. The average molecular weight is 464 g/mol. The number of pyridine rings is 1. The number of nitrogens with one attached hydrogen (secondary N) is 1. The smallest absolute Gasteiger partial charge is 0.352 e. The highest BCUT2D eigenvalue weighted by atomic mass is 16.4. The monoisotopic (exact) mass is 463 g/mol. The third-order valence-electron chi connectivity index (χ3n) is 6.77. The van der Waals surface area contributed by atoms with Crippen LogP contribution in [0.1, 0.15) is 54.7 Å². The zero-order chi connectivity index (χ0) is 23.7. The minimum atomic E-state index is -0.945. The molecule has 10 heteroatoms. The fourth-order valence-corrected chi connectivity index (χ4v) is 4.95. The molecule has 178 valence electrons. The van der Waals surface area contributed by atoms with Crippen molar-refractivity contribution in [3.8, 4) is 0 Å². The molecule has 0 bridgehead atoms. The number of anilines is 2. The van der Waals surface area contributed by atoms with E-state index in [0.29, 0.717) is 17.4 Å². The van der Waals surface area contributed by atoms with Gasteiger partial charge < -0.3 is 19.9 Å². The maximum atomic E-state index is 11.8. The summed E-state index contributed by atoms with van der Waals surface area (Å²) in [6.07, 6.45) is 7.62. The van der Waals surface area contributed by atoms with E-state index in [-0.39, 0.29) is 17.6 Å². The first kappa shape index (κ1) is 22.3. The van der Waals surface area contributed by atoms with E-state index in [2.05, 4.69) is 25.2 Å². The number of hydrogen-bond donors (Lipinski definition) is 2. The zero-order valence-corrected chi connectivity index (χ0v) is 19.3. The maximum Gasteiger partial charge on any atom is 0.352 e. The fourth-order valence-electron chi connectivity index (χ4n) is 4.95. The number of hydrogen-bond acceptors (Lipinski definition) is 7. The van der Waals surface area contributed by atoms with Crippen molar-refractivity contribution in [3.63, 3.8) is 0 Å². The molecule has 10 nitrogen and oxygen atoms in total. The van der Waals surface area contributed by atoms with Gasteiger partial charge in [-0.25, -0.2) is 14.8 Å². The Kier molecular flexibility index (Phi) is 6.14. The van der Waals surface area contributed by atoms with Crippen LogP contribution in [0.3, 0.4) is 0 Å². The van der Waals surface area contributed by atoms with Gasteiger partial charge >= 0.3 is 5.97 Å². The molecule has 0 spiro atoms. The third-order valence-corrected chi connectivity index (χ3v) is 6.77. The third kappa shape index (κ3) is 4.58. The topological polar surface area (TPSA) is 116 Å². The van der Waals surface area contributed by atoms with Crippen molar-refractivity contribution in [1.82, 2.24) is 29.3 Å². The Bertz CT molecular complexity index is 1190. The summed E-state index contributed by atoms with van der Waals surface area (Å²) in [5, 5.41) is 13.6. The maximum absolute atomic E-state index is 11.8. The van der Waals surface area contributed by atoms with Gasteiger partial charge in [-0.05, 0) is 30.5 Å². The van der Waals surface area contributed by atoms with Gasteiger partial charge in [-0.3, -0.25) is 9.69 Å². The van der Waals surface area contributed by atoms with Gasteiger partial charge in [0.15, 0.2) is 0 Å². The summed E-state index contributed by atoms with van der Waals surface area (Å²) in [5.74, 6) is 0.204. The Balaban J connectivity index is 1.29. The first-order valence-electron chi connectivity index (χ1n) is 11.8. The second-order valence-electron chi connectivity index (χ2n) is 9.07. The summed E-state index contributed by atoms with van der Waals surface area (Å²) in [6.45, 7) is 5.62. The average Bonchev–Trinajstić information content (AvgIpc) is 3.48. The second-order valence-corrected chi connectivity index (χ2v) is 9.07. The second kappa shape index (κ2) is 9.38. The number of piperazine rings is 1. The SMILES string of the molecule is CC(=O)N1CCN(Cc2ccc(Nc3ncc4cc(C(=O)O)n(C5CCCC5)c4n3)nc2)CC1. The van der Waals surface area contributed by atoms with Gasteiger partial charge in [0.05, 0.1) is 0 Å². The summed E-state index contributed by atoms with van der Waals surface area (Å²) in [4.78, 5) is 41.1. The molecule has 2 fully saturated rings. The molecular formula is C24H29N7O3. The van der Waals surface area contributed by atoms with E-state index in [1.165, 1.54) is 0 Å². The largest absolute Gasteiger partial charge is 0.477 e. The van der Waals surface area contributed by atoms with Gasteiger partial charge in [-0.2, -0.15) is 4.98 Å². The Labute approximate surface area is 197 Å². The van der Waals surface area contributed by atoms with Crippen LogP contribution in [-0.2, 0) is 11.3 Å². The van der Waals surface area contributed by atoms with Crippen LogP contribution < -0.4 is 5.32 Å². The van der Waals surface area contributed by atoms with E-state index < -0.39 is 5.97 Å². The molecule has 5 rings (SSSR count). The summed E-state index contributed by atoms with van der Waals surface area (Å²) < 4.78 is 1.86. The molecule has 2 aliphatic rings. The number of fused-ring (bicyclic) bond motifs is 1. The van der Waals surface area contributed by atoms with Crippen molar-refractivity contribution < 1.29 is 14.7 Å². The molecule has 1 aliphatic carbocycles. The normalized spacial score (nSPS) is 17.4. The van der Waals surface area contributed by atoms with Crippen LogP contribution in [0.5, 0.6) is 0 Å². The zero-order valence-electron chi connectivity index (χ0n) is 19.3. The van der Waals surface area contributed by atoms with E-state index in [0.717, 1.165) is 69.4 Å². The standard InChI is InChI=1S/C24H29N7O3/c1-16(32)30-10-8-29(9-11-30)15-17-6-7-21(25-13-17)27-24-26-14-18-12-20(23(33)34)31(22(18)28-24)19-4-2-3-5-19/h6-7,12-14,19H,2-5,8-11,15H2,1H3,(H,33,34)(H,25,26,27,28). The van der Waals surface area contributed by atoms with Crippen LogP contribution in [0.25, 0.3) is 11.0 Å². The lowest BCUT2D eigenvalue weighted by atomic mass is 10.2. The lowest BCUT2D eigenvalue weighted by Crippen LogP contribution is -2.47. The molecule has 1 saturated heterocycles. The first-order chi connectivity index (χ1) is 16.5. The summed E-state index contributed by atoms with van der Waals surface area (Å²) in [7, 11) is 0. The van der Waals surface area contributed by atoms with Crippen LogP contribution >= 0.6 is 0 Å². The van der Waals surface area contributed by atoms with E-state index in [1.54, 1.807) is 19.2 Å². The molecule has 1 saturated carbocycles. The number of rotatable bonds is 6. The van der Waals surface area contributed by atoms with Gasteiger partial charge in [-0.1, -0.05) is 18.9 Å². The highest BCUT2D eigenvalue weighted by Gasteiger charge is 2.25. The van der Waals surface area contributed by atoms with Crippen molar-refractivity contribution in [1.29, 1.82) is 0 Å². The minimum Gasteiger partial charge on any atom is -0.477 e. The molecule has 2 N–H and O–H groups in total. The molecule has 34 heavy (non-hydrogen) atoms. The number of carboxylic acids is 1. The number of aromatic carboxylic acids is 1. The number of carbonyl (C=O) groups is 2. The molecule has 0 radical (unpaired) electrons. The molecule has 1 aliphatic heterocycles. The number of carboxylic acid groups (broad SMARTS) is 1. The van der Waals surface area contributed by atoms with Crippen molar-refractivity contribution in [2.75, 3.05) is 31.5 Å². The quantitative estimate of drug-likeness (QED) is 0.573. The molecular weight excluding hydrogens is 434 g/mol. The number of aromatic nitrogens is 4. The van der Waals surface area contributed by atoms with Gasteiger partial charge in [0.25, 0.3) is 0 Å². The predicted molar refractivity (Wildman–Crippen MR) is 127 cm³/mol. The van der Waals surface area contributed by atoms with Crippen LogP contribution in [-0.4, -0.2) is 72.5 Å². The summed E-state index contributed by atoms with van der Waals surface area (Å²) in [5.41, 5.74) is 2.00. The minimum absolute atomic E-state index is 0.131. The van der Waals surface area contributed by atoms with Crippen molar-refractivity contribution in [2.24, 2.45) is 0 Å². The Morgan fingerprint density at radius 3 is 2.50 bits per heavy atom. The first-order valence-corrected chi connectivity index (χ1v) is 11.8. The van der Waals surface area contributed by atoms with E-state index in [1.807, 2.05) is 27.8 Å². The molecule has 0 atom stereocenters. The van der Waals surface area contributed by atoms with Gasteiger partial charge in [0, 0.05) is 63.5 Å². The van der Waals surface area contributed by atoms with Crippen LogP contribution in [0, 0.1) is 0 Å². The van der Waals surface area contributed by atoms with Crippen LogP contribution in [0.2, 0.25) is 0 Å². The van der Waals surface area contributed by atoms with E-state index >= 15 is 0 Å². The molecule has 4 heterocycles. The fraction of sp³-hybridized carbons (Fsp3) is 0.458. The van der Waals surface area contributed by atoms with Crippen molar-refractivity contribution in [3.05, 3.63) is 41.9 Å². The van der Waals surface area contributed by atoms with Gasteiger partial charge in [-0.15, -0.1) is 0 Å². The Morgan fingerprint density at radius 2 is 1.85 bits per heavy atom. The van der Waals surface area contributed by atoms with Crippen LogP contribution in [0.4, 0.5) is 11.8 Å². The molecule has 0 aromatic carbocycles. The summed E-state index contributed by atoms with van der Waals surface area (Å²) in [6, 6.07) is 5.73. The Hall–Kier alpha value is -3.53. The highest BCUT2D eigenvalue weighted by molar-refractivity contribution is 5.93. The molecule has 3 aromatic rings. The molecule has 1 amide bonds. The predicted octanol–water partition coefficient (Wildman–Crippen LogP) is 3.05. The van der Waals surface area contributed by atoms with Crippen LogP contribution in [0.15, 0.2) is 30.6 Å². The number of amides is 1. The van der Waals surface area contributed by atoms with Crippen molar-refractivity contribution >= 4 is 34.7 Å². The lowest BCUT2D eigenvalue weighted by molar-refractivity contribution is -0.130. The Morgan fingerprint density at radius 1 is 1.09 bits per heavy atom. The molecule has 0 unspecified atom stereocenters. The summed E-state index contributed by atoms with van der Waals surface area (Å²) >= 11 is 0. The number of carbonyl (C=O) groups excluding carboxylic acids is 1. The van der Waals surface area contributed by atoms with Crippen molar-refractivity contribution in [2.45, 2.75) is 45.2 Å². The van der Waals surface area contributed by atoms with Gasteiger partial charge in [0.2, 0.25) is 11.9 Å². The lowest BCUT2D eigenvalue weighted by Gasteiger charge is -2.34. The van der Waals surface area contributed by atoms with E-state index in [9.17, 15) is 14.7 Å². The van der Waals surface area contributed by atoms with Gasteiger partial charge in [0.1, 0.15) is 17.2 Å². The van der Waals surface area contributed by atoms with E-state index in [4.69, 9.17) is 0 Å². The highest BCUT2D eigenvalue weighted by Crippen LogP contribution is 2.34. The number of nitrogens with zero attached hydrogens (tertiary/aromatic N) is 6.